The number of likely N-dealkylation sites (tertiary alicyclic amines) is 1. The maximum atomic E-state index is 12.4. The van der Waals surface area contributed by atoms with Gasteiger partial charge in [0.2, 0.25) is 5.91 Å². The molecular formula is C16H23ClN2OS. The number of carbonyl (C=O) groups is 1. The number of benzene rings is 1. The van der Waals surface area contributed by atoms with E-state index < -0.39 is 0 Å². The van der Waals surface area contributed by atoms with Gasteiger partial charge in [0.15, 0.2) is 0 Å². The Kier molecular flexibility index (Phi) is 6.40. The number of piperidine rings is 1. The van der Waals surface area contributed by atoms with E-state index in [1.807, 2.05) is 36.1 Å². The summed E-state index contributed by atoms with van der Waals surface area (Å²) in [6.07, 6.45) is 3.29. The van der Waals surface area contributed by atoms with E-state index >= 15 is 0 Å². The van der Waals surface area contributed by atoms with Gasteiger partial charge in [-0.15, -0.1) is 11.8 Å². The summed E-state index contributed by atoms with van der Waals surface area (Å²) in [5.41, 5.74) is 7.17. The zero-order valence-electron chi connectivity index (χ0n) is 12.4. The van der Waals surface area contributed by atoms with Crippen LogP contribution in [0.3, 0.4) is 0 Å². The van der Waals surface area contributed by atoms with Crippen LogP contribution in [-0.2, 0) is 10.5 Å². The Labute approximate surface area is 136 Å². The van der Waals surface area contributed by atoms with Gasteiger partial charge < -0.3 is 10.6 Å². The highest BCUT2D eigenvalue weighted by Gasteiger charge is 2.28. The number of amides is 1. The van der Waals surface area contributed by atoms with E-state index in [9.17, 15) is 4.79 Å². The molecular weight excluding hydrogens is 304 g/mol. The van der Waals surface area contributed by atoms with Gasteiger partial charge in [-0.3, -0.25) is 4.79 Å². The van der Waals surface area contributed by atoms with Crippen LogP contribution in [0.2, 0.25) is 5.02 Å². The number of carbonyl (C=O) groups excluding carboxylic acids is 1. The number of nitrogens with zero attached hydrogens (tertiary/aromatic N) is 1. The molecule has 1 heterocycles. The first kappa shape index (κ1) is 16.7. The van der Waals surface area contributed by atoms with Crippen LogP contribution in [0.5, 0.6) is 0 Å². The van der Waals surface area contributed by atoms with Crippen LogP contribution in [0.1, 0.15) is 31.7 Å². The molecule has 0 radical (unpaired) electrons. The lowest BCUT2D eigenvalue weighted by atomic mass is 9.97. The molecule has 116 valence electrons. The quantitative estimate of drug-likeness (QED) is 0.903. The van der Waals surface area contributed by atoms with Crippen LogP contribution in [-0.4, -0.2) is 35.2 Å². The van der Waals surface area contributed by atoms with E-state index in [1.165, 1.54) is 6.42 Å². The first-order valence-electron chi connectivity index (χ1n) is 7.45. The summed E-state index contributed by atoms with van der Waals surface area (Å²) in [6.45, 7) is 2.85. The van der Waals surface area contributed by atoms with Gasteiger partial charge in [-0.2, -0.15) is 0 Å². The van der Waals surface area contributed by atoms with E-state index in [2.05, 4.69) is 0 Å². The van der Waals surface area contributed by atoms with E-state index in [-0.39, 0.29) is 18.0 Å². The minimum absolute atomic E-state index is 0.0483. The smallest absolute Gasteiger partial charge is 0.232 e. The number of thioether (sulfide) groups is 1. The third-order valence-electron chi connectivity index (χ3n) is 3.86. The van der Waals surface area contributed by atoms with Crippen LogP contribution in [0.25, 0.3) is 0 Å². The van der Waals surface area contributed by atoms with Crippen molar-refractivity contribution < 1.29 is 4.79 Å². The van der Waals surface area contributed by atoms with Crippen molar-refractivity contribution in [1.82, 2.24) is 4.90 Å². The Bertz CT molecular complexity index is 481. The first-order chi connectivity index (χ1) is 10.1. The highest BCUT2D eigenvalue weighted by Crippen LogP contribution is 2.22. The monoisotopic (exact) mass is 326 g/mol. The second-order valence-corrected chi connectivity index (χ2v) is 7.05. The van der Waals surface area contributed by atoms with Gasteiger partial charge in [0.25, 0.3) is 0 Å². The van der Waals surface area contributed by atoms with Crippen molar-refractivity contribution in [3.05, 3.63) is 34.9 Å². The summed E-state index contributed by atoms with van der Waals surface area (Å²) in [4.78, 5) is 14.4. The third-order valence-corrected chi connectivity index (χ3v) is 5.08. The number of nitrogens with two attached hydrogens (primary N) is 1. The Morgan fingerprint density at radius 1 is 1.52 bits per heavy atom. The van der Waals surface area contributed by atoms with Crippen molar-refractivity contribution in [3.8, 4) is 0 Å². The average molecular weight is 327 g/mol. The minimum Gasteiger partial charge on any atom is -0.337 e. The third kappa shape index (κ3) is 4.90. The topological polar surface area (TPSA) is 46.3 Å². The second kappa shape index (κ2) is 8.06. The summed E-state index contributed by atoms with van der Waals surface area (Å²) in [7, 11) is 0. The van der Waals surface area contributed by atoms with Crippen LogP contribution >= 0.6 is 23.4 Å². The molecule has 0 bridgehead atoms. The number of hydrogen-bond acceptors (Lipinski definition) is 3. The Morgan fingerprint density at radius 2 is 2.33 bits per heavy atom. The van der Waals surface area contributed by atoms with Gasteiger partial charge in [0, 0.05) is 29.4 Å². The molecule has 1 amide bonds. The van der Waals surface area contributed by atoms with Crippen molar-refractivity contribution in [2.45, 2.75) is 44.0 Å². The average Bonchev–Trinajstić information content (AvgIpc) is 2.47. The Balaban J connectivity index is 1.83. The van der Waals surface area contributed by atoms with Crippen LogP contribution in [0, 0.1) is 0 Å². The highest BCUT2D eigenvalue weighted by atomic mass is 35.5. The summed E-state index contributed by atoms with van der Waals surface area (Å²) >= 11 is 7.60. The fourth-order valence-electron chi connectivity index (χ4n) is 2.78. The van der Waals surface area contributed by atoms with E-state index in [4.69, 9.17) is 17.3 Å². The SMILES string of the molecule is CC(N)C1CCCCN1C(=O)CSCc1cccc(Cl)c1. The molecule has 0 spiro atoms. The zero-order valence-corrected chi connectivity index (χ0v) is 14.0. The second-order valence-electron chi connectivity index (χ2n) is 5.63. The van der Waals surface area contributed by atoms with Gasteiger partial charge >= 0.3 is 0 Å². The molecule has 5 heteroatoms. The van der Waals surface area contributed by atoms with Crippen molar-refractivity contribution >= 4 is 29.3 Å². The molecule has 1 saturated heterocycles. The molecule has 0 aromatic heterocycles. The molecule has 1 aromatic carbocycles. The molecule has 2 unspecified atom stereocenters. The summed E-state index contributed by atoms with van der Waals surface area (Å²) in [5.74, 6) is 1.53. The van der Waals surface area contributed by atoms with Crippen molar-refractivity contribution in [2.24, 2.45) is 5.73 Å². The lowest BCUT2D eigenvalue weighted by Crippen LogP contribution is -2.52. The molecule has 2 rings (SSSR count). The number of rotatable bonds is 5. The van der Waals surface area contributed by atoms with Crippen LogP contribution in [0.15, 0.2) is 24.3 Å². The molecule has 1 aliphatic heterocycles. The van der Waals surface area contributed by atoms with Gasteiger partial charge in [-0.25, -0.2) is 0 Å². The number of hydrogen-bond donors (Lipinski definition) is 1. The molecule has 3 nitrogen and oxygen atoms in total. The fourth-order valence-corrected chi connectivity index (χ4v) is 3.85. The fraction of sp³-hybridized carbons (Fsp3) is 0.562. The van der Waals surface area contributed by atoms with Crippen molar-refractivity contribution in [1.29, 1.82) is 0 Å². The van der Waals surface area contributed by atoms with Gasteiger partial charge in [-0.1, -0.05) is 23.7 Å². The van der Waals surface area contributed by atoms with Crippen molar-refractivity contribution in [3.63, 3.8) is 0 Å². The van der Waals surface area contributed by atoms with Gasteiger partial charge in [0.1, 0.15) is 0 Å². The highest BCUT2D eigenvalue weighted by molar-refractivity contribution is 7.99. The molecule has 1 fully saturated rings. The standard InChI is InChI=1S/C16H23ClN2OS/c1-12(18)15-7-2-3-8-19(15)16(20)11-21-10-13-5-4-6-14(17)9-13/h4-6,9,12,15H,2-3,7-8,10-11,18H2,1H3. The van der Waals surface area contributed by atoms with Gasteiger partial charge in [0.05, 0.1) is 5.75 Å². The summed E-state index contributed by atoms with van der Waals surface area (Å²) < 4.78 is 0. The zero-order chi connectivity index (χ0) is 15.2. The van der Waals surface area contributed by atoms with E-state index in [1.54, 1.807) is 11.8 Å². The Morgan fingerprint density at radius 3 is 3.05 bits per heavy atom. The first-order valence-corrected chi connectivity index (χ1v) is 8.98. The number of halogens is 1. The summed E-state index contributed by atoms with van der Waals surface area (Å²) in [6, 6.07) is 8.04. The molecule has 2 atom stereocenters. The predicted molar refractivity (Wildman–Crippen MR) is 90.6 cm³/mol. The molecule has 1 aliphatic rings. The minimum atomic E-state index is 0.0483. The molecule has 0 aliphatic carbocycles. The normalized spacial score (nSPS) is 20.3. The molecule has 21 heavy (non-hydrogen) atoms. The van der Waals surface area contributed by atoms with E-state index in [0.29, 0.717) is 5.75 Å². The predicted octanol–water partition coefficient (Wildman–Crippen LogP) is 3.30. The lowest BCUT2D eigenvalue weighted by molar-refractivity contribution is -0.132. The molecule has 2 N–H and O–H groups in total. The largest absolute Gasteiger partial charge is 0.337 e. The van der Waals surface area contributed by atoms with E-state index in [0.717, 1.165) is 35.7 Å². The van der Waals surface area contributed by atoms with Crippen LogP contribution < -0.4 is 5.73 Å². The Hall–Kier alpha value is -0.710. The maximum absolute atomic E-state index is 12.4. The molecule has 1 aromatic rings. The lowest BCUT2D eigenvalue weighted by Gasteiger charge is -2.38. The van der Waals surface area contributed by atoms with Gasteiger partial charge in [-0.05, 0) is 43.9 Å². The van der Waals surface area contributed by atoms with Crippen molar-refractivity contribution in [2.75, 3.05) is 12.3 Å². The molecule has 0 saturated carbocycles. The maximum Gasteiger partial charge on any atom is 0.232 e. The summed E-state index contributed by atoms with van der Waals surface area (Å²) in [5, 5.41) is 0.743. The van der Waals surface area contributed by atoms with Crippen LogP contribution in [0.4, 0.5) is 0 Å².